The first-order valence-corrected chi connectivity index (χ1v) is 13.5. The fraction of sp³-hybridized carbons (Fsp3) is 0.690. The van der Waals surface area contributed by atoms with Crippen molar-refractivity contribution in [2.24, 2.45) is 28.6 Å². The summed E-state index contributed by atoms with van der Waals surface area (Å²) in [5.41, 5.74) is 1.50. The van der Waals surface area contributed by atoms with Crippen molar-refractivity contribution in [3.8, 4) is 5.75 Å². The molecule has 1 heterocycles. The topological polar surface area (TPSA) is 99.5 Å². The number of rotatable bonds is 5. The van der Waals surface area contributed by atoms with E-state index in [-0.39, 0.29) is 29.3 Å². The Morgan fingerprint density at radius 1 is 1.14 bits per heavy atom. The highest BCUT2D eigenvalue weighted by atomic mass is 16.3. The monoisotopic (exact) mass is 480 g/mol. The maximum Gasteiger partial charge on any atom is 0.183 e. The van der Waals surface area contributed by atoms with E-state index in [9.17, 15) is 19.8 Å². The number of ketones is 2. The number of aryl methyl sites for hydroxylation is 2. The van der Waals surface area contributed by atoms with Crippen LogP contribution in [0, 0.1) is 35.5 Å². The fourth-order valence-corrected chi connectivity index (χ4v) is 8.47. The Morgan fingerprint density at radius 3 is 2.63 bits per heavy atom. The molecule has 3 fully saturated rings. The molecule has 6 nitrogen and oxygen atoms in total. The van der Waals surface area contributed by atoms with Crippen LogP contribution in [0.3, 0.4) is 0 Å². The summed E-state index contributed by atoms with van der Waals surface area (Å²) in [6.07, 6.45) is 9.30. The fourth-order valence-electron chi connectivity index (χ4n) is 8.47. The molecule has 0 amide bonds. The minimum atomic E-state index is -1.36. The number of aromatic nitrogens is 1. The molecule has 6 heteroatoms. The summed E-state index contributed by atoms with van der Waals surface area (Å²) in [6, 6.07) is 1.75. The third-order valence-corrected chi connectivity index (χ3v) is 10.5. The molecule has 1 aromatic rings. The Hall–Kier alpha value is -2.21. The van der Waals surface area contributed by atoms with Crippen LogP contribution in [-0.2, 0) is 16.0 Å². The van der Waals surface area contributed by atoms with Gasteiger partial charge in [-0.25, -0.2) is 0 Å². The highest BCUT2D eigenvalue weighted by Gasteiger charge is 2.66. The van der Waals surface area contributed by atoms with Crippen molar-refractivity contribution >= 4 is 17.3 Å². The van der Waals surface area contributed by atoms with Crippen molar-refractivity contribution in [3.05, 3.63) is 29.1 Å². The van der Waals surface area contributed by atoms with Crippen LogP contribution in [-0.4, -0.2) is 38.9 Å². The number of nitrogens with zero attached hydrogens (tertiary/aromatic N) is 1. The third kappa shape index (κ3) is 3.58. The lowest BCUT2D eigenvalue weighted by molar-refractivity contribution is -0.160. The van der Waals surface area contributed by atoms with Crippen molar-refractivity contribution in [3.63, 3.8) is 0 Å². The van der Waals surface area contributed by atoms with Gasteiger partial charge in [0.2, 0.25) is 0 Å². The maximum absolute atomic E-state index is 13.6. The first-order valence-electron chi connectivity index (χ1n) is 13.5. The number of hydrogen-bond donors (Lipinski definition) is 3. The average Bonchev–Trinajstić information content (AvgIpc) is 3.11. The molecule has 0 unspecified atom stereocenters. The molecule has 0 saturated heterocycles. The smallest absolute Gasteiger partial charge is 0.183 e. The molecule has 0 radical (unpaired) electrons. The van der Waals surface area contributed by atoms with E-state index in [1.165, 1.54) is 5.57 Å². The van der Waals surface area contributed by atoms with E-state index in [1.807, 2.05) is 19.9 Å². The molecule has 3 N–H and O–H groups in total. The number of aromatic hydroxyl groups is 1. The van der Waals surface area contributed by atoms with Crippen molar-refractivity contribution in [2.75, 3.05) is 11.9 Å². The molecular weight excluding hydrogens is 440 g/mol. The first-order chi connectivity index (χ1) is 16.5. The zero-order valence-electron chi connectivity index (χ0n) is 21.6. The minimum Gasteiger partial charge on any atom is -0.504 e. The third-order valence-electron chi connectivity index (χ3n) is 10.5. The van der Waals surface area contributed by atoms with E-state index >= 15 is 0 Å². The van der Waals surface area contributed by atoms with Gasteiger partial charge in [-0.15, -0.1) is 0 Å². The van der Waals surface area contributed by atoms with Gasteiger partial charge in [-0.05, 0) is 93.6 Å². The summed E-state index contributed by atoms with van der Waals surface area (Å²) in [7, 11) is 0. The Morgan fingerprint density at radius 2 is 1.89 bits per heavy atom. The van der Waals surface area contributed by atoms with Gasteiger partial charge in [-0.3, -0.25) is 14.6 Å². The number of Topliss-reactive ketones (excluding diaryl/α,β-unsaturated/α-hetero) is 1. The number of nitrogens with one attached hydrogen (secondary N) is 1. The summed E-state index contributed by atoms with van der Waals surface area (Å²) in [5, 5.41) is 25.6. The van der Waals surface area contributed by atoms with E-state index in [0.717, 1.165) is 44.2 Å². The molecule has 1 aromatic heterocycles. The molecule has 0 aliphatic heterocycles. The van der Waals surface area contributed by atoms with Crippen LogP contribution in [0.2, 0.25) is 0 Å². The Kier molecular flexibility index (Phi) is 5.90. The highest BCUT2D eigenvalue weighted by molar-refractivity contribution is 5.92. The summed E-state index contributed by atoms with van der Waals surface area (Å²) in [5.74, 6) is 1.49. The standard InChI is InChI=1S/C29H40N2O4/c1-5-23-26(34)24(14-17(2)31-23)30-16-25(33)29(35)13-10-22-20-7-6-18-15-19(32)8-11-27(18,3)21(20)9-12-28(22,29)4/h14-15,20-22,34-35H,5-13,16H2,1-4H3,(H,30,31)/t20-,21-,22+,27-,28-,29-/m0/s1. The van der Waals surface area contributed by atoms with Crippen molar-refractivity contribution in [2.45, 2.75) is 91.1 Å². The van der Waals surface area contributed by atoms with Gasteiger partial charge >= 0.3 is 0 Å². The SMILES string of the molecule is CCc1nc(C)cc(NCC(=O)[C@@]2(O)CC[C@@H]3[C@H]4CCC5=CC(=O)CC[C@]5(C)[C@H]4CC[C@@]32C)c1O. The molecule has 5 rings (SSSR count). The van der Waals surface area contributed by atoms with Crippen molar-refractivity contribution in [1.82, 2.24) is 4.98 Å². The van der Waals surface area contributed by atoms with Crippen LogP contribution >= 0.6 is 0 Å². The van der Waals surface area contributed by atoms with Gasteiger partial charge in [-0.1, -0.05) is 26.3 Å². The van der Waals surface area contributed by atoms with Crippen LogP contribution < -0.4 is 5.32 Å². The van der Waals surface area contributed by atoms with Gasteiger partial charge in [-0.2, -0.15) is 0 Å². The van der Waals surface area contributed by atoms with Crippen LogP contribution in [0.15, 0.2) is 17.7 Å². The predicted octanol–water partition coefficient (Wildman–Crippen LogP) is 4.90. The van der Waals surface area contributed by atoms with Crippen LogP contribution in [0.5, 0.6) is 5.75 Å². The molecule has 0 aromatic carbocycles. The molecule has 3 saturated carbocycles. The predicted molar refractivity (Wildman–Crippen MR) is 135 cm³/mol. The summed E-state index contributed by atoms with van der Waals surface area (Å²) < 4.78 is 0. The molecule has 35 heavy (non-hydrogen) atoms. The van der Waals surface area contributed by atoms with E-state index in [0.29, 0.717) is 48.4 Å². The van der Waals surface area contributed by atoms with Crippen LogP contribution in [0.1, 0.15) is 83.5 Å². The molecular formula is C29H40N2O4. The van der Waals surface area contributed by atoms with Gasteiger partial charge < -0.3 is 15.5 Å². The van der Waals surface area contributed by atoms with Gasteiger partial charge in [0.05, 0.1) is 17.9 Å². The highest BCUT2D eigenvalue weighted by Crippen LogP contribution is 2.67. The molecule has 4 aliphatic carbocycles. The number of hydrogen-bond acceptors (Lipinski definition) is 6. The van der Waals surface area contributed by atoms with Gasteiger partial charge in [0.15, 0.2) is 17.3 Å². The molecule has 6 atom stereocenters. The summed E-state index contributed by atoms with van der Waals surface area (Å²) in [4.78, 5) is 30.0. The normalized spacial score (nSPS) is 38.3. The maximum atomic E-state index is 13.6. The molecule has 0 spiro atoms. The van der Waals surface area contributed by atoms with E-state index in [1.54, 1.807) is 6.07 Å². The lowest BCUT2D eigenvalue weighted by atomic mass is 9.46. The minimum absolute atomic E-state index is 0.0141. The number of carbonyl (C=O) groups excluding carboxylic acids is 2. The lowest BCUT2D eigenvalue weighted by Crippen LogP contribution is -2.58. The van der Waals surface area contributed by atoms with Gasteiger partial charge in [0.25, 0.3) is 0 Å². The quantitative estimate of drug-likeness (QED) is 0.554. The van der Waals surface area contributed by atoms with E-state index < -0.39 is 11.0 Å². The molecule has 190 valence electrons. The van der Waals surface area contributed by atoms with Gasteiger partial charge in [0.1, 0.15) is 5.60 Å². The Bertz CT molecular complexity index is 1100. The molecule has 0 bridgehead atoms. The second kappa shape index (κ2) is 8.43. The van der Waals surface area contributed by atoms with Crippen LogP contribution in [0.4, 0.5) is 5.69 Å². The van der Waals surface area contributed by atoms with Gasteiger partial charge in [0, 0.05) is 17.5 Å². The largest absolute Gasteiger partial charge is 0.504 e. The number of allylic oxidation sites excluding steroid dienone is 1. The van der Waals surface area contributed by atoms with E-state index in [4.69, 9.17) is 0 Å². The first kappa shape index (κ1) is 24.5. The zero-order valence-corrected chi connectivity index (χ0v) is 21.6. The number of carbonyl (C=O) groups is 2. The van der Waals surface area contributed by atoms with Crippen molar-refractivity contribution < 1.29 is 19.8 Å². The summed E-state index contributed by atoms with van der Waals surface area (Å²) in [6.45, 7) is 8.28. The number of pyridine rings is 1. The summed E-state index contributed by atoms with van der Waals surface area (Å²) >= 11 is 0. The zero-order chi connectivity index (χ0) is 25.2. The van der Waals surface area contributed by atoms with E-state index in [2.05, 4.69) is 24.1 Å². The number of aliphatic hydroxyl groups is 1. The Balaban J connectivity index is 1.35. The number of anilines is 1. The average molecular weight is 481 g/mol. The lowest BCUT2D eigenvalue weighted by Gasteiger charge is -2.58. The Labute approximate surface area is 208 Å². The van der Waals surface area contributed by atoms with Crippen molar-refractivity contribution in [1.29, 1.82) is 0 Å². The number of fused-ring (bicyclic) bond motifs is 5. The molecule has 4 aliphatic rings. The van der Waals surface area contributed by atoms with Crippen LogP contribution in [0.25, 0.3) is 0 Å². The second-order valence-electron chi connectivity index (χ2n) is 12.1. The second-order valence-corrected chi connectivity index (χ2v) is 12.1.